The molecule has 0 radical (unpaired) electrons. The summed E-state index contributed by atoms with van der Waals surface area (Å²) in [4.78, 5) is 7.00. The average Bonchev–Trinajstić information content (AvgIpc) is 2.55. The minimum absolute atomic E-state index is 0.540. The summed E-state index contributed by atoms with van der Waals surface area (Å²) in [5.41, 5.74) is 2.21. The third-order valence-electron chi connectivity index (χ3n) is 4.57. The Hall–Kier alpha value is -1.32. The van der Waals surface area contributed by atoms with Gasteiger partial charge in [0.2, 0.25) is 0 Å². The van der Waals surface area contributed by atoms with Crippen LogP contribution in [0, 0.1) is 5.92 Å². The van der Waals surface area contributed by atoms with E-state index in [-0.39, 0.29) is 0 Å². The topological polar surface area (TPSA) is 28.2 Å². The van der Waals surface area contributed by atoms with Gasteiger partial charge in [0, 0.05) is 37.3 Å². The van der Waals surface area contributed by atoms with Crippen LogP contribution in [-0.4, -0.2) is 30.7 Å². The highest BCUT2D eigenvalue weighted by atomic mass is 35.5. The van der Waals surface area contributed by atoms with Gasteiger partial charge in [0.15, 0.2) is 0 Å². The maximum Gasteiger partial charge on any atom is 0.0950 e. The van der Waals surface area contributed by atoms with Gasteiger partial charge < -0.3 is 10.2 Å². The van der Waals surface area contributed by atoms with E-state index in [1.165, 1.54) is 12.1 Å². The predicted octanol–water partition coefficient (Wildman–Crippen LogP) is 3.71. The van der Waals surface area contributed by atoms with Crippen molar-refractivity contribution in [3.8, 4) is 0 Å². The van der Waals surface area contributed by atoms with Gasteiger partial charge in [-0.3, -0.25) is 4.98 Å². The number of anilines is 1. The van der Waals surface area contributed by atoms with Crippen molar-refractivity contribution in [1.29, 1.82) is 0 Å². The van der Waals surface area contributed by atoms with E-state index >= 15 is 0 Å². The van der Waals surface area contributed by atoms with Crippen LogP contribution in [0.2, 0.25) is 5.02 Å². The number of halogens is 1. The van der Waals surface area contributed by atoms with Crippen molar-refractivity contribution in [3.05, 3.63) is 35.5 Å². The van der Waals surface area contributed by atoms with E-state index in [4.69, 9.17) is 11.6 Å². The number of nitrogens with one attached hydrogen (secondary N) is 1. The fourth-order valence-electron chi connectivity index (χ4n) is 3.04. The quantitative estimate of drug-likeness (QED) is 0.937. The Kier molecular flexibility index (Phi) is 4.32. The number of nitrogens with zero attached hydrogens (tertiary/aromatic N) is 2. The highest BCUT2D eigenvalue weighted by Crippen LogP contribution is 2.31. The Morgan fingerprint density at radius 3 is 3.10 bits per heavy atom. The third-order valence-corrected chi connectivity index (χ3v) is 4.90. The van der Waals surface area contributed by atoms with Gasteiger partial charge in [0.05, 0.1) is 16.2 Å². The lowest BCUT2D eigenvalue weighted by molar-refractivity contribution is 0.342. The molecule has 4 heteroatoms. The summed E-state index contributed by atoms with van der Waals surface area (Å²) in [6.45, 7) is 7.64. The molecule has 0 aliphatic carbocycles. The molecule has 21 heavy (non-hydrogen) atoms. The molecule has 0 bridgehead atoms. The lowest BCUT2D eigenvalue weighted by Crippen LogP contribution is -2.53. The second kappa shape index (κ2) is 6.20. The fraction of sp³-hybridized carbons (Fsp3) is 0.471. The summed E-state index contributed by atoms with van der Waals surface area (Å²) in [5.74, 6) is 0.680. The van der Waals surface area contributed by atoms with E-state index in [2.05, 4.69) is 35.1 Å². The van der Waals surface area contributed by atoms with Crippen LogP contribution in [0.15, 0.2) is 30.5 Å². The van der Waals surface area contributed by atoms with E-state index in [0.717, 1.165) is 35.6 Å². The smallest absolute Gasteiger partial charge is 0.0950 e. The van der Waals surface area contributed by atoms with Crippen molar-refractivity contribution in [2.24, 2.45) is 5.92 Å². The van der Waals surface area contributed by atoms with E-state index in [9.17, 15) is 0 Å². The average molecular weight is 304 g/mol. The van der Waals surface area contributed by atoms with Crippen LogP contribution in [0.25, 0.3) is 10.9 Å². The molecule has 1 aromatic carbocycles. The second-order valence-electron chi connectivity index (χ2n) is 5.86. The molecule has 3 nitrogen and oxygen atoms in total. The number of pyridine rings is 1. The van der Waals surface area contributed by atoms with Crippen molar-refractivity contribution < 1.29 is 0 Å². The number of rotatable bonds is 3. The molecule has 1 aliphatic heterocycles. The zero-order chi connectivity index (χ0) is 14.8. The first kappa shape index (κ1) is 14.6. The highest BCUT2D eigenvalue weighted by Gasteiger charge is 2.24. The van der Waals surface area contributed by atoms with E-state index in [1.54, 1.807) is 0 Å². The standard InChI is InChI=1S/C17H22ClN3/c1-3-12(2)15-11-21(10-9-19-15)16-7-6-14(18)13-5-4-8-20-17(13)16/h4-8,12,15,19H,3,9-11H2,1-2H3. The molecule has 2 atom stereocenters. The summed E-state index contributed by atoms with van der Waals surface area (Å²) in [6.07, 6.45) is 3.04. The van der Waals surface area contributed by atoms with Gasteiger partial charge in [0.25, 0.3) is 0 Å². The Bertz CT molecular complexity index is 628. The van der Waals surface area contributed by atoms with Crippen LogP contribution >= 0.6 is 11.6 Å². The molecule has 2 unspecified atom stereocenters. The molecule has 0 spiro atoms. The summed E-state index contributed by atoms with van der Waals surface area (Å²) in [7, 11) is 0. The zero-order valence-electron chi connectivity index (χ0n) is 12.6. The molecule has 1 N–H and O–H groups in total. The lowest BCUT2D eigenvalue weighted by atomic mass is 9.97. The maximum atomic E-state index is 6.30. The zero-order valence-corrected chi connectivity index (χ0v) is 13.4. The molecule has 0 saturated carbocycles. The molecule has 0 amide bonds. The van der Waals surface area contributed by atoms with Gasteiger partial charge in [-0.2, -0.15) is 0 Å². The Morgan fingerprint density at radius 1 is 1.43 bits per heavy atom. The van der Waals surface area contributed by atoms with Gasteiger partial charge in [0.1, 0.15) is 0 Å². The van der Waals surface area contributed by atoms with Crippen molar-refractivity contribution in [3.63, 3.8) is 0 Å². The molecule has 1 aliphatic rings. The van der Waals surface area contributed by atoms with Crippen molar-refractivity contribution in [1.82, 2.24) is 10.3 Å². The van der Waals surface area contributed by atoms with Crippen molar-refractivity contribution in [2.75, 3.05) is 24.5 Å². The largest absolute Gasteiger partial charge is 0.367 e. The van der Waals surface area contributed by atoms with E-state index in [1.807, 2.05) is 24.4 Å². The first-order chi connectivity index (χ1) is 10.2. The molecule has 3 rings (SSSR count). The van der Waals surface area contributed by atoms with Gasteiger partial charge in [-0.1, -0.05) is 31.9 Å². The maximum absolute atomic E-state index is 6.30. The normalized spacial score (nSPS) is 20.7. The number of fused-ring (bicyclic) bond motifs is 1. The minimum Gasteiger partial charge on any atom is -0.367 e. The number of piperazine rings is 1. The number of hydrogen-bond acceptors (Lipinski definition) is 3. The van der Waals surface area contributed by atoms with Crippen LogP contribution in [0.3, 0.4) is 0 Å². The first-order valence-corrected chi connectivity index (χ1v) is 8.10. The summed E-state index contributed by atoms with van der Waals surface area (Å²) in [6, 6.07) is 8.62. The van der Waals surface area contributed by atoms with Crippen LogP contribution in [0.1, 0.15) is 20.3 Å². The monoisotopic (exact) mass is 303 g/mol. The summed E-state index contributed by atoms with van der Waals surface area (Å²) < 4.78 is 0. The molecule has 2 aromatic rings. The third kappa shape index (κ3) is 2.85. The Balaban J connectivity index is 1.95. The molecule has 1 fully saturated rings. The Labute approximate surface area is 131 Å². The van der Waals surface area contributed by atoms with E-state index < -0.39 is 0 Å². The molecule has 1 aromatic heterocycles. The second-order valence-corrected chi connectivity index (χ2v) is 6.27. The molecule has 112 valence electrons. The van der Waals surface area contributed by atoms with Gasteiger partial charge >= 0.3 is 0 Å². The van der Waals surface area contributed by atoms with Gasteiger partial charge in [-0.25, -0.2) is 0 Å². The molecule has 2 heterocycles. The molecule has 1 saturated heterocycles. The number of hydrogen-bond donors (Lipinski definition) is 1. The Morgan fingerprint density at radius 2 is 2.29 bits per heavy atom. The number of aromatic nitrogens is 1. The summed E-state index contributed by atoms with van der Waals surface area (Å²) in [5, 5.41) is 5.45. The fourth-order valence-corrected chi connectivity index (χ4v) is 3.26. The van der Waals surface area contributed by atoms with E-state index in [0.29, 0.717) is 12.0 Å². The van der Waals surface area contributed by atoms with Gasteiger partial charge in [-0.15, -0.1) is 0 Å². The SMILES string of the molecule is CCC(C)C1CN(c2ccc(Cl)c3cccnc23)CCN1. The van der Waals surface area contributed by atoms with Crippen LogP contribution in [0.4, 0.5) is 5.69 Å². The number of benzene rings is 1. The van der Waals surface area contributed by atoms with Crippen molar-refractivity contribution in [2.45, 2.75) is 26.3 Å². The van der Waals surface area contributed by atoms with Gasteiger partial charge in [-0.05, 0) is 30.2 Å². The predicted molar refractivity (Wildman–Crippen MR) is 90.2 cm³/mol. The minimum atomic E-state index is 0.540. The molecular formula is C17H22ClN3. The molecular weight excluding hydrogens is 282 g/mol. The van der Waals surface area contributed by atoms with Crippen molar-refractivity contribution >= 4 is 28.2 Å². The van der Waals surface area contributed by atoms with Crippen LogP contribution in [0.5, 0.6) is 0 Å². The highest BCUT2D eigenvalue weighted by molar-refractivity contribution is 6.35. The lowest BCUT2D eigenvalue weighted by Gasteiger charge is -2.38. The van der Waals surface area contributed by atoms with Crippen LogP contribution < -0.4 is 10.2 Å². The first-order valence-electron chi connectivity index (χ1n) is 7.72. The summed E-state index contributed by atoms with van der Waals surface area (Å²) >= 11 is 6.30. The van der Waals surface area contributed by atoms with Crippen LogP contribution in [-0.2, 0) is 0 Å².